The molecule has 22 heavy (non-hydrogen) atoms. The quantitative estimate of drug-likeness (QED) is 0.839. The van der Waals surface area contributed by atoms with Gasteiger partial charge in [0.05, 0.1) is 11.6 Å². The van der Waals surface area contributed by atoms with Gasteiger partial charge in [-0.05, 0) is 54.3 Å². The average molecular weight is 298 g/mol. The Hall–Kier alpha value is -2.25. The van der Waals surface area contributed by atoms with E-state index in [1.165, 1.54) is 23.8 Å². The molecule has 2 aromatic carbocycles. The molecular weight excluding hydrogens is 282 g/mol. The molecule has 0 saturated carbocycles. The molecule has 0 aliphatic carbocycles. The van der Waals surface area contributed by atoms with Gasteiger partial charge in [0, 0.05) is 19.1 Å². The predicted octanol–water partition coefficient (Wildman–Crippen LogP) is 3.96. The van der Waals surface area contributed by atoms with Crippen molar-refractivity contribution < 1.29 is 8.78 Å². The van der Waals surface area contributed by atoms with Crippen molar-refractivity contribution in [3.8, 4) is 6.07 Å². The van der Waals surface area contributed by atoms with Crippen molar-refractivity contribution in [1.82, 2.24) is 4.90 Å². The van der Waals surface area contributed by atoms with Crippen LogP contribution in [-0.4, -0.2) is 11.4 Å². The van der Waals surface area contributed by atoms with Crippen molar-refractivity contribution in [3.05, 3.63) is 70.3 Å². The minimum absolute atomic E-state index is 0.0658. The van der Waals surface area contributed by atoms with Crippen LogP contribution >= 0.6 is 0 Å². The third-order valence-corrected chi connectivity index (χ3v) is 4.34. The van der Waals surface area contributed by atoms with Crippen molar-refractivity contribution in [2.75, 3.05) is 6.54 Å². The molecule has 0 radical (unpaired) electrons. The first-order valence-electron chi connectivity index (χ1n) is 7.29. The molecule has 0 amide bonds. The summed E-state index contributed by atoms with van der Waals surface area (Å²) in [5, 5.41) is 9.15. The van der Waals surface area contributed by atoms with E-state index in [4.69, 9.17) is 5.26 Å². The number of rotatable bonds is 2. The molecule has 1 unspecified atom stereocenters. The normalized spacial score (nSPS) is 17.8. The van der Waals surface area contributed by atoms with Crippen LogP contribution in [0.1, 0.15) is 35.2 Å². The van der Waals surface area contributed by atoms with Crippen LogP contribution in [0.5, 0.6) is 0 Å². The lowest BCUT2D eigenvalue weighted by Crippen LogP contribution is -2.33. The summed E-state index contributed by atoms with van der Waals surface area (Å²) in [6.45, 7) is 3.43. The minimum atomic E-state index is -0.403. The van der Waals surface area contributed by atoms with Gasteiger partial charge in [-0.15, -0.1) is 0 Å². The first-order chi connectivity index (χ1) is 10.6. The van der Waals surface area contributed by atoms with E-state index in [1.54, 1.807) is 12.1 Å². The van der Waals surface area contributed by atoms with Crippen LogP contribution in [0.3, 0.4) is 0 Å². The fraction of sp³-hybridized carbons (Fsp3) is 0.278. The van der Waals surface area contributed by atoms with E-state index in [9.17, 15) is 8.78 Å². The zero-order valence-corrected chi connectivity index (χ0v) is 12.3. The van der Waals surface area contributed by atoms with Crippen molar-refractivity contribution >= 4 is 0 Å². The van der Waals surface area contributed by atoms with Crippen LogP contribution in [0, 0.1) is 23.0 Å². The fourth-order valence-electron chi connectivity index (χ4n) is 3.06. The zero-order chi connectivity index (χ0) is 15.7. The molecule has 0 fully saturated rings. The standard InChI is InChI=1S/C18H16F2N2/c1-12-18-9-17(20)4-2-13(18)6-7-22(12)11-14-3-5-16(19)8-15(14)10-21/h2-5,8-9,12H,6-7,11H2,1H3. The highest BCUT2D eigenvalue weighted by Gasteiger charge is 2.24. The van der Waals surface area contributed by atoms with E-state index in [-0.39, 0.29) is 11.9 Å². The van der Waals surface area contributed by atoms with Gasteiger partial charge in [0.25, 0.3) is 0 Å². The van der Waals surface area contributed by atoms with Crippen molar-refractivity contribution in [2.24, 2.45) is 0 Å². The predicted molar refractivity (Wildman–Crippen MR) is 80.0 cm³/mol. The summed E-state index contributed by atoms with van der Waals surface area (Å²) in [4.78, 5) is 2.19. The van der Waals surface area contributed by atoms with Gasteiger partial charge in [0.15, 0.2) is 0 Å². The van der Waals surface area contributed by atoms with Crippen LogP contribution in [0.15, 0.2) is 36.4 Å². The topological polar surface area (TPSA) is 27.0 Å². The Morgan fingerprint density at radius 1 is 1.18 bits per heavy atom. The molecule has 1 aliphatic heterocycles. The van der Waals surface area contributed by atoms with Gasteiger partial charge in [-0.1, -0.05) is 12.1 Å². The Kier molecular flexibility index (Phi) is 3.91. The highest BCUT2D eigenvalue weighted by molar-refractivity contribution is 5.39. The lowest BCUT2D eigenvalue weighted by Gasteiger charge is -2.35. The third-order valence-electron chi connectivity index (χ3n) is 4.34. The smallest absolute Gasteiger partial charge is 0.124 e. The molecular formula is C18H16F2N2. The number of hydrogen-bond acceptors (Lipinski definition) is 2. The number of nitriles is 1. The molecule has 1 aliphatic rings. The van der Waals surface area contributed by atoms with Crippen LogP contribution in [0.2, 0.25) is 0 Å². The van der Waals surface area contributed by atoms with E-state index >= 15 is 0 Å². The molecule has 112 valence electrons. The van der Waals surface area contributed by atoms with Gasteiger partial charge < -0.3 is 0 Å². The Balaban J connectivity index is 1.87. The van der Waals surface area contributed by atoms with Crippen LogP contribution in [0.4, 0.5) is 8.78 Å². The summed E-state index contributed by atoms with van der Waals surface area (Å²) in [6, 6.07) is 11.3. The lowest BCUT2D eigenvalue weighted by molar-refractivity contribution is 0.189. The molecule has 0 saturated heterocycles. The van der Waals surface area contributed by atoms with E-state index in [2.05, 4.69) is 4.90 Å². The largest absolute Gasteiger partial charge is 0.292 e. The Morgan fingerprint density at radius 3 is 2.68 bits per heavy atom. The molecule has 2 nitrogen and oxygen atoms in total. The summed E-state index contributed by atoms with van der Waals surface area (Å²) in [5.74, 6) is -0.633. The second-order valence-corrected chi connectivity index (χ2v) is 5.65. The second kappa shape index (κ2) is 5.86. The zero-order valence-electron chi connectivity index (χ0n) is 12.3. The van der Waals surface area contributed by atoms with Crippen molar-refractivity contribution in [2.45, 2.75) is 25.9 Å². The van der Waals surface area contributed by atoms with Gasteiger partial charge in [-0.25, -0.2) is 8.78 Å². The highest BCUT2D eigenvalue weighted by Crippen LogP contribution is 2.31. The lowest BCUT2D eigenvalue weighted by atomic mass is 9.92. The molecule has 1 atom stereocenters. The van der Waals surface area contributed by atoms with Crippen LogP contribution in [0.25, 0.3) is 0 Å². The molecule has 2 aromatic rings. The number of nitrogens with zero attached hydrogens (tertiary/aromatic N) is 2. The van der Waals surface area contributed by atoms with E-state index in [0.717, 1.165) is 24.1 Å². The van der Waals surface area contributed by atoms with E-state index in [1.807, 2.05) is 19.1 Å². The van der Waals surface area contributed by atoms with Crippen LogP contribution in [-0.2, 0) is 13.0 Å². The molecule has 0 spiro atoms. The minimum Gasteiger partial charge on any atom is -0.292 e. The number of fused-ring (bicyclic) bond motifs is 1. The summed E-state index contributed by atoms with van der Waals surface area (Å²) in [6.07, 6.45) is 0.850. The SMILES string of the molecule is CC1c2cc(F)ccc2CCN1Cc1ccc(F)cc1C#N. The van der Waals surface area contributed by atoms with Gasteiger partial charge in [-0.2, -0.15) is 5.26 Å². The summed E-state index contributed by atoms with van der Waals surface area (Å²) >= 11 is 0. The molecule has 0 N–H and O–H groups in total. The second-order valence-electron chi connectivity index (χ2n) is 5.65. The molecule has 1 heterocycles. The first-order valence-corrected chi connectivity index (χ1v) is 7.29. The van der Waals surface area contributed by atoms with Crippen molar-refractivity contribution in [3.63, 3.8) is 0 Å². The summed E-state index contributed by atoms with van der Waals surface area (Å²) < 4.78 is 26.7. The number of halogens is 2. The summed E-state index contributed by atoms with van der Waals surface area (Å²) in [7, 11) is 0. The van der Waals surface area contributed by atoms with Gasteiger partial charge >= 0.3 is 0 Å². The third kappa shape index (κ3) is 2.72. The monoisotopic (exact) mass is 298 g/mol. The molecule has 0 bridgehead atoms. The molecule has 3 rings (SSSR count). The van der Waals surface area contributed by atoms with Gasteiger partial charge in [-0.3, -0.25) is 4.90 Å². The van der Waals surface area contributed by atoms with E-state index < -0.39 is 5.82 Å². The molecule has 0 aromatic heterocycles. The number of hydrogen-bond donors (Lipinski definition) is 0. The average Bonchev–Trinajstić information content (AvgIpc) is 2.52. The van der Waals surface area contributed by atoms with Crippen LogP contribution < -0.4 is 0 Å². The number of benzene rings is 2. The van der Waals surface area contributed by atoms with Gasteiger partial charge in [0.1, 0.15) is 11.6 Å². The maximum absolute atomic E-state index is 13.5. The first kappa shape index (κ1) is 14.7. The maximum atomic E-state index is 13.5. The summed E-state index contributed by atoms with van der Waals surface area (Å²) in [5.41, 5.74) is 3.32. The van der Waals surface area contributed by atoms with Gasteiger partial charge in [0.2, 0.25) is 0 Å². The Labute approximate surface area is 128 Å². The molecule has 4 heteroatoms. The maximum Gasteiger partial charge on any atom is 0.124 e. The van der Waals surface area contributed by atoms with Crippen molar-refractivity contribution in [1.29, 1.82) is 5.26 Å². The highest BCUT2D eigenvalue weighted by atomic mass is 19.1. The fourth-order valence-corrected chi connectivity index (χ4v) is 3.06. The Morgan fingerprint density at radius 2 is 1.91 bits per heavy atom. The Bertz CT molecular complexity index is 749. The van der Waals surface area contributed by atoms with E-state index in [0.29, 0.717) is 12.1 Å².